The van der Waals surface area contributed by atoms with Gasteiger partial charge in [0.05, 0.1) is 5.39 Å². The highest BCUT2D eigenvalue weighted by Crippen LogP contribution is 2.21. The van der Waals surface area contributed by atoms with E-state index in [1.165, 1.54) is 0 Å². The number of hydrogen-bond donors (Lipinski definition) is 1. The Morgan fingerprint density at radius 3 is 2.64 bits per heavy atom. The van der Waals surface area contributed by atoms with Crippen molar-refractivity contribution >= 4 is 23.4 Å². The van der Waals surface area contributed by atoms with Gasteiger partial charge in [0.1, 0.15) is 0 Å². The van der Waals surface area contributed by atoms with Gasteiger partial charge in [-0.2, -0.15) is 0 Å². The number of benzene rings is 1. The highest BCUT2D eigenvalue weighted by atomic mass is 32.1. The Labute approximate surface area is 87.0 Å². The van der Waals surface area contributed by atoms with Crippen molar-refractivity contribution in [3.05, 3.63) is 39.7 Å². The van der Waals surface area contributed by atoms with Crippen LogP contribution in [0.5, 0.6) is 0 Å². The van der Waals surface area contributed by atoms with Crippen molar-refractivity contribution in [2.75, 3.05) is 0 Å². The molecule has 3 heteroatoms. The normalized spacial score (nSPS) is 10.8. The van der Waals surface area contributed by atoms with E-state index in [1.54, 1.807) is 0 Å². The summed E-state index contributed by atoms with van der Waals surface area (Å²) in [5, 5.41) is 1.93. The lowest BCUT2D eigenvalue weighted by Crippen LogP contribution is -2.01. The Hall–Kier alpha value is -1.22. The largest absolute Gasteiger partial charge is 0.416 e. The summed E-state index contributed by atoms with van der Waals surface area (Å²) in [4.78, 5) is 11.5. The van der Waals surface area contributed by atoms with Crippen LogP contribution in [0.1, 0.15) is 11.1 Å². The van der Waals surface area contributed by atoms with E-state index < -0.39 is 0 Å². The number of hydrogen-bond acceptors (Lipinski definition) is 3. The number of fused-ring (bicyclic) bond motifs is 1. The Balaban J connectivity index is 3.02. The van der Waals surface area contributed by atoms with E-state index in [0.29, 0.717) is 10.5 Å². The van der Waals surface area contributed by atoms with Gasteiger partial charge in [-0.1, -0.05) is 17.7 Å². The first-order chi connectivity index (χ1) is 6.59. The maximum Gasteiger partial charge on any atom is 0.344 e. The average Bonchev–Trinajstić information content (AvgIpc) is 2.14. The second kappa shape index (κ2) is 3.17. The van der Waals surface area contributed by atoms with Crippen LogP contribution < -0.4 is 5.63 Å². The van der Waals surface area contributed by atoms with Crippen molar-refractivity contribution < 1.29 is 4.42 Å². The van der Waals surface area contributed by atoms with E-state index in [0.717, 1.165) is 16.5 Å². The number of thiol groups is 1. The van der Waals surface area contributed by atoms with Gasteiger partial charge in [0.15, 0.2) is 5.09 Å². The summed E-state index contributed by atoms with van der Waals surface area (Å²) in [6.07, 6.45) is 0. The van der Waals surface area contributed by atoms with Crippen LogP contribution in [0.2, 0.25) is 0 Å². The molecule has 72 valence electrons. The SMILES string of the molecule is Cc1ccc2c(C)c(S)oc(=O)c2c1. The summed E-state index contributed by atoms with van der Waals surface area (Å²) in [5.41, 5.74) is 1.64. The number of aryl methyl sites for hydroxylation is 2. The molecule has 0 bridgehead atoms. The molecule has 0 spiro atoms. The predicted octanol–water partition coefficient (Wildman–Crippen LogP) is 2.70. The zero-order chi connectivity index (χ0) is 10.3. The van der Waals surface area contributed by atoms with Gasteiger partial charge in [0.25, 0.3) is 0 Å². The van der Waals surface area contributed by atoms with Crippen molar-refractivity contribution in [2.24, 2.45) is 0 Å². The molecule has 0 amide bonds. The second-order valence-corrected chi connectivity index (χ2v) is 3.77. The van der Waals surface area contributed by atoms with Gasteiger partial charge in [-0.3, -0.25) is 0 Å². The minimum absolute atomic E-state index is 0.320. The first-order valence-corrected chi connectivity index (χ1v) is 4.77. The smallest absolute Gasteiger partial charge is 0.344 e. The summed E-state index contributed by atoms with van der Waals surface area (Å²) >= 11 is 4.10. The molecule has 0 aliphatic carbocycles. The zero-order valence-electron chi connectivity index (χ0n) is 8.00. The van der Waals surface area contributed by atoms with Gasteiger partial charge >= 0.3 is 5.63 Å². The quantitative estimate of drug-likeness (QED) is 0.672. The van der Waals surface area contributed by atoms with Crippen LogP contribution in [0, 0.1) is 13.8 Å². The van der Waals surface area contributed by atoms with E-state index in [9.17, 15) is 4.79 Å². The lowest BCUT2D eigenvalue weighted by atomic mass is 10.1. The summed E-state index contributed by atoms with van der Waals surface area (Å²) in [7, 11) is 0. The van der Waals surface area contributed by atoms with E-state index in [4.69, 9.17) is 4.42 Å². The Kier molecular flexibility index (Phi) is 2.11. The van der Waals surface area contributed by atoms with Crippen molar-refractivity contribution in [2.45, 2.75) is 18.9 Å². The monoisotopic (exact) mass is 206 g/mol. The highest BCUT2D eigenvalue weighted by molar-refractivity contribution is 7.80. The highest BCUT2D eigenvalue weighted by Gasteiger charge is 2.07. The molecule has 0 atom stereocenters. The maximum atomic E-state index is 11.5. The molecular weight excluding hydrogens is 196 g/mol. The van der Waals surface area contributed by atoms with Gasteiger partial charge < -0.3 is 4.42 Å². The van der Waals surface area contributed by atoms with Crippen molar-refractivity contribution in [3.63, 3.8) is 0 Å². The Morgan fingerprint density at radius 1 is 1.21 bits per heavy atom. The first-order valence-electron chi connectivity index (χ1n) is 4.32. The van der Waals surface area contributed by atoms with E-state index in [-0.39, 0.29) is 5.63 Å². The van der Waals surface area contributed by atoms with Crippen LogP contribution in [0.4, 0.5) is 0 Å². The van der Waals surface area contributed by atoms with E-state index >= 15 is 0 Å². The molecule has 1 heterocycles. The fraction of sp³-hybridized carbons (Fsp3) is 0.182. The minimum atomic E-state index is -0.320. The van der Waals surface area contributed by atoms with Gasteiger partial charge in [-0.05, 0) is 25.3 Å². The lowest BCUT2D eigenvalue weighted by molar-refractivity contribution is 0.426. The molecule has 0 fully saturated rings. The summed E-state index contributed by atoms with van der Waals surface area (Å²) < 4.78 is 4.98. The van der Waals surface area contributed by atoms with Crippen molar-refractivity contribution in [1.29, 1.82) is 0 Å². The Morgan fingerprint density at radius 2 is 1.93 bits per heavy atom. The first kappa shape index (κ1) is 9.34. The summed E-state index contributed by atoms with van der Waals surface area (Å²) in [6, 6.07) is 5.74. The molecule has 0 unspecified atom stereocenters. The average molecular weight is 206 g/mol. The summed E-state index contributed by atoms with van der Waals surface area (Å²) in [6.45, 7) is 3.84. The molecule has 14 heavy (non-hydrogen) atoms. The van der Waals surface area contributed by atoms with Crippen LogP contribution in [-0.2, 0) is 0 Å². The van der Waals surface area contributed by atoms with E-state index in [2.05, 4.69) is 12.6 Å². The molecule has 2 nitrogen and oxygen atoms in total. The molecule has 1 aromatic carbocycles. The molecule has 0 aliphatic heterocycles. The van der Waals surface area contributed by atoms with Crippen LogP contribution in [0.3, 0.4) is 0 Å². The standard InChI is InChI=1S/C11H10O2S/c1-6-3-4-8-7(2)11(14)13-10(12)9(8)5-6/h3-5,14H,1-2H3. The summed E-state index contributed by atoms with van der Waals surface area (Å²) in [5.74, 6) is 0. The van der Waals surface area contributed by atoms with Gasteiger partial charge in [0.2, 0.25) is 0 Å². The molecule has 1 aromatic heterocycles. The van der Waals surface area contributed by atoms with Crippen LogP contribution in [0.25, 0.3) is 10.8 Å². The molecule has 0 saturated carbocycles. The third-order valence-electron chi connectivity index (χ3n) is 2.31. The Bertz CT molecular complexity index is 555. The zero-order valence-corrected chi connectivity index (χ0v) is 8.89. The lowest BCUT2D eigenvalue weighted by Gasteiger charge is -2.03. The van der Waals surface area contributed by atoms with Crippen molar-refractivity contribution in [1.82, 2.24) is 0 Å². The molecule has 0 radical (unpaired) electrons. The third kappa shape index (κ3) is 1.34. The molecule has 2 aromatic rings. The molecule has 2 rings (SSSR count). The topological polar surface area (TPSA) is 30.2 Å². The minimum Gasteiger partial charge on any atom is -0.416 e. The van der Waals surface area contributed by atoms with Crippen LogP contribution in [0.15, 0.2) is 32.5 Å². The fourth-order valence-corrected chi connectivity index (χ4v) is 1.69. The molecular formula is C11H10O2S. The van der Waals surface area contributed by atoms with E-state index in [1.807, 2.05) is 32.0 Å². The van der Waals surface area contributed by atoms with Gasteiger partial charge in [-0.25, -0.2) is 4.79 Å². The van der Waals surface area contributed by atoms with Crippen LogP contribution >= 0.6 is 12.6 Å². The molecule has 0 saturated heterocycles. The maximum absolute atomic E-state index is 11.5. The predicted molar refractivity (Wildman–Crippen MR) is 59.2 cm³/mol. The van der Waals surface area contributed by atoms with Crippen molar-refractivity contribution in [3.8, 4) is 0 Å². The van der Waals surface area contributed by atoms with Crippen LogP contribution in [-0.4, -0.2) is 0 Å². The fourth-order valence-electron chi connectivity index (χ4n) is 1.49. The second-order valence-electron chi connectivity index (χ2n) is 3.37. The number of rotatable bonds is 0. The third-order valence-corrected chi connectivity index (χ3v) is 2.74. The van der Waals surface area contributed by atoms with Gasteiger partial charge in [0, 0.05) is 5.56 Å². The molecule has 0 aliphatic rings. The molecule has 0 N–H and O–H groups in total. The van der Waals surface area contributed by atoms with Gasteiger partial charge in [-0.15, -0.1) is 12.6 Å².